The molecule has 0 heterocycles. The van der Waals surface area contributed by atoms with Crippen LogP contribution in [-0.2, 0) is 27.5 Å². The molecule has 0 radical (unpaired) electrons. The molecule has 7 heteroatoms. The summed E-state index contributed by atoms with van der Waals surface area (Å²) in [5, 5.41) is 0. The van der Waals surface area contributed by atoms with Crippen LogP contribution in [0.5, 0.6) is 0 Å². The smallest absolute Gasteiger partial charge is 0.382 e. The first kappa shape index (κ1) is 22.0. The quantitative estimate of drug-likeness (QED) is 0.300. The zero-order valence-electron chi connectivity index (χ0n) is 14.7. The van der Waals surface area contributed by atoms with Gasteiger partial charge in [0.25, 0.3) is 0 Å². The molecule has 0 rings (SSSR count). The van der Waals surface area contributed by atoms with E-state index in [4.69, 9.17) is 27.5 Å². The van der Waals surface area contributed by atoms with Gasteiger partial charge in [0.15, 0.2) is 0 Å². The van der Waals surface area contributed by atoms with Gasteiger partial charge in [0.05, 0.1) is 39.6 Å². The fourth-order valence-corrected chi connectivity index (χ4v) is 4.50. The van der Waals surface area contributed by atoms with Gasteiger partial charge in [0, 0.05) is 27.4 Å². The monoisotopic (exact) mass is 338 g/mol. The van der Waals surface area contributed by atoms with E-state index in [2.05, 4.69) is 6.92 Å². The van der Waals surface area contributed by atoms with Crippen LogP contribution >= 0.6 is 0 Å². The van der Waals surface area contributed by atoms with E-state index >= 15 is 0 Å². The summed E-state index contributed by atoms with van der Waals surface area (Å²) in [6, 6.07) is 0.824. The number of hydrogen-bond donors (Lipinski definition) is 0. The van der Waals surface area contributed by atoms with Crippen LogP contribution in [0.2, 0.25) is 6.04 Å². The summed E-state index contributed by atoms with van der Waals surface area (Å²) in [4.78, 5) is 0. The van der Waals surface area contributed by atoms with Gasteiger partial charge in [0.1, 0.15) is 0 Å². The van der Waals surface area contributed by atoms with Gasteiger partial charge < -0.3 is 27.5 Å². The Labute approximate surface area is 136 Å². The number of methoxy groups -OCH3 is 3. The van der Waals surface area contributed by atoms with Crippen LogP contribution in [0.3, 0.4) is 0 Å². The van der Waals surface area contributed by atoms with Gasteiger partial charge >= 0.3 is 8.80 Å². The summed E-state index contributed by atoms with van der Waals surface area (Å²) in [7, 11) is 2.28. The van der Waals surface area contributed by atoms with Crippen LogP contribution in [0.15, 0.2) is 0 Å². The first-order valence-electron chi connectivity index (χ1n) is 8.13. The molecular formula is C15H34O6Si. The second kappa shape index (κ2) is 15.9. The van der Waals surface area contributed by atoms with Crippen molar-refractivity contribution in [3.63, 3.8) is 0 Å². The first-order chi connectivity index (χ1) is 10.7. The van der Waals surface area contributed by atoms with Crippen LogP contribution in [0.1, 0.15) is 32.6 Å². The average Bonchev–Trinajstić information content (AvgIpc) is 2.52. The zero-order chi connectivity index (χ0) is 16.5. The number of unbranched alkanes of at least 4 members (excludes halogenated alkanes) is 3. The number of hydrogen-bond acceptors (Lipinski definition) is 6. The molecule has 0 bridgehead atoms. The molecule has 6 nitrogen and oxygen atoms in total. The van der Waals surface area contributed by atoms with Gasteiger partial charge in [-0.15, -0.1) is 0 Å². The molecule has 0 atom stereocenters. The Hall–Kier alpha value is -0.0231. The maximum Gasteiger partial charge on any atom is 0.501 e. The van der Waals surface area contributed by atoms with Gasteiger partial charge in [-0.05, 0) is 6.42 Å². The Balaban J connectivity index is 4.53. The molecule has 0 fully saturated rings. The molecule has 0 aliphatic carbocycles. The van der Waals surface area contributed by atoms with Crippen molar-refractivity contribution in [2.75, 3.05) is 61.0 Å². The second-order valence-corrected chi connectivity index (χ2v) is 7.75. The lowest BCUT2D eigenvalue weighted by molar-refractivity contribution is 0.0142. The Bertz CT molecular complexity index is 204. The van der Waals surface area contributed by atoms with Crippen molar-refractivity contribution in [2.24, 2.45) is 0 Å². The standard InChI is InChI=1S/C15H34O6Si/c1-5-6-7-8-15-22(19-12-9-16-2,20-13-10-17-3)21-14-11-18-4/h5-15H2,1-4H3. The van der Waals surface area contributed by atoms with Crippen LogP contribution in [0, 0.1) is 0 Å². The van der Waals surface area contributed by atoms with E-state index in [1.165, 1.54) is 19.3 Å². The Morgan fingerprint density at radius 3 is 1.41 bits per heavy atom. The summed E-state index contributed by atoms with van der Waals surface area (Å²) < 4.78 is 33.2. The molecule has 0 aromatic heterocycles. The summed E-state index contributed by atoms with van der Waals surface area (Å²) in [6.45, 7) is 5.24. The third kappa shape index (κ3) is 11.5. The highest BCUT2D eigenvalue weighted by molar-refractivity contribution is 6.60. The molecule has 0 unspecified atom stereocenters. The predicted molar refractivity (Wildman–Crippen MR) is 88.2 cm³/mol. The van der Waals surface area contributed by atoms with Crippen LogP contribution < -0.4 is 0 Å². The van der Waals surface area contributed by atoms with Crippen LogP contribution in [0.25, 0.3) is 0 Å². The zero-order valence-corrected chi connectivity index (χ0v) is 15.7. The van der Waals surface area contributed by atoms with Crippen molar-refractivity contribution in [2.45, 2.75) is 38.7 Å². The van der Waals surface area contributed by atoms with Crippen molar-refractivity contribution in [1.82, 2.24) is 0 Å². The Kier molecular flexibility index (Phi) is 15.8. The minimum Gasteiger partial charge on any atom is -0.382 e. The molecule has 0 aromatic carbocycles. The molecule has 0 saturated heterocycles. The fourth-order valence-electron chi connectivity index (χ4n) is 1.95. The lowest BCUT2D eigenvalue weighted by Crippen LogP contribution is -2.48. The van der Waals surface area contributed by atoms with E-state index in [1.807, 2.05) is 0 Å². The summed E-state index contributed by atoms with van der Waals surface area (Å²) in [6.07, 6.45) is 4.64. The number of rotatable bonds is 17. The summed E-state index contributed by atoms with van der Waals surface area (Å²) >= 11 is 0. The van der Waals surface area contributed by atoms with E-state index in [9.17, 15) is 0 Å². The van der Waals surface area contributed by atoms with Gasteiger partial charge in [-0.2, -0.15) is 0 Å². The maximum atomic E-state index is 6.00. The summed E-state index contributed by atoms with van der Waals surface area (Å²) in [5.41, 5.74) is 0. The van der Waals surface area contributed by atoms with Crippen LogP contribution in [-0.4, -0.2) is 69.8 Å². The van der Waals surface area contributed by atoms with Crippen LogP contribution in [0.4, 0.5) is 0 Å². The molecule has 0 N–H and O–H groups in total. The van der Waals surface area contributed by atoms with E-state index in [-0.39, 0.29) is 0 Å². The molecule has 0 amide bonds. The highest BCUT2D eigenvalue weighted by atomic mass is 28.4. The molecule has 22 heavy (non-hydrogen) atoms. The highest BCUT2D eigenvalue weighted by Gasteiger charge is 2.40. The fraction of sp³-hybridized carbons (Fsp3) is 1.00. The van der Waals surface area contributed by atoms with Gasteiger partial charge in [-0.1, -0.05) is 26.2 Å². The van der Waals surface area contributed by atoms with Gasteiger partial charge in [-0.25, -0.2) is 0 Å². The third-order valence-corrected chi connectivity index (χ3v) is 6.06. The van der Waals surface area contributed by atoms with E-state index in [1.54, 1.807) is 21.3 Å². The topological polar surface area (TPSA) is 55.4 Å². The van der Waals surface area contributed by atoms with E-state index < -0.39 is 8.80 Å². The number of ether oxygens (including phenoxy) is 3. The molecule has 134 valence electrons. The minimum absolute atomic E-state index is 0.483. The molecule has 0 aliphatic heterocycles. The SMILES string of the molecule is CCCCCC[Si](OCCOC)(OCCOC)OCCOC. The maximum absolute atomic E-state index is 6.00. The summed E-state index contributed by atoms with van der Waals surface area (Å²) in [5.74, 6) is 0. The van der Waals surface area contributed by atoms with Crippen molar-refractivity contribution in [3.05, 3.63) is 0 Å². The predicted octanol–water partition coefficient (Wildman–Crippen LogP) is 2.49. The second-order valence-electron chi connectivity index (χ2n) is 5.02. The van der Waals surface area contributed by atoms with E-state index in [0.717, 1.165) is 12.5 Å². The minimum atomic E-state index is -2.70. The van der Waals surface area contributed by atoms with Gasteiger partial charge in [0.2, 0.25) is 0 Å². The van der Waals surface area contributed by atoms with Crippen molar-refractivity contribution >= 4 is 8.80 Å². The molecule has 0 spiro atoms. The van der Waals surface area contributed by atoms with E-state index in [0.29, 0.717) is 39.6 Å². The first-order valence-corrected chi connectivity index (χ1v) is 10.1. The highest BCUT2D eigenvalue weighted by Crippen LogP contribution is 2.20. The Morgan fingerprint density at radius 1 is 0.591 bits per heavy atom. The van der Waals surface area contributed by atoms with Crippen molar-refractivity contribution < 1.29 is 27.5 Å². The average molecular weight is 339 g/mol. The molecular weight excluding hydrogens is 304 g/mol. The Morgan fingerprint density at radius 2 is 1.05 bits per heavy atom. The largest absolute Gasteiger partial charge is 0.501 e. The molecule has 0 aliphatic rings. The lowest BCUT2D eigenvalue weighted by atomic mass is 10.2. The van der Waals surface area contributed by atoms with Crippen molar-refractivity contribution in [1.29, 1.82) is 0 Å². The normalized spacial score (nSPS) is 12.0. The third-order valence-electron chi connectivity index (χ3n) is 3.16. The molecule has 0 saturated carbocycles. The molecule has 0 aromatic rings. The van der Waals surface area contributed by atoms with Gasteiger partial charge in [-0.3, -0.25) is 0 Å². The lowest BCUT2D eigenvalue weighted by Gasteiger charge is -2.29. The van der Waals surface area contributed by atoms with Crippen molar-refractivity contribution in [3.8, 4) is 0 Å².